The first-order chi connectivity index (χ1) is 12.3. The molecule has 3 aromatic rings. The highest BCUT2D eigenvalue weighted by Crippen LogP contribution is 2.51. The summed E-state index contributed by atoms with van der Waals surface area (Å²) in [5, 5.41) is 0.564. The second-order valence-corrected chi connectivity index (χ2v) is 6.66. The van der Waals surface area contributed by atoms with E-state index >= 15 is 0 Å². The molecule has 0 unspecified atom stereocenters. The van der Waals surface area contributed by atoms with E-state index in [0.29, 0.717) is 10.7 Å². The Hall–Kier alpha value is -2.59. The van der Waals surface area contributed by atoms with Crippen LogP contribution in [0, 0.1) is 0 Å². The number of rotatable bonds is 3. The Morgan fingerprint density at radius 3 is 1.80 bits per heavy atom. The Labute approximate surface area is 149 Å². The number of fused-ring (bicyclic) bond motifs is 1. The molecule has 3 aromatic carbocycles. The third-order valence-corrected chi connectivity index (χ3v) is 5.24. The third-order valence-electron chi connectivity index (χ3n) is 4.08. The van der Waals surface area contributed by atoms with Crippen LogP contribution in [0.3, 0.4) is 0 Å². The van der Waals surface area contributed by atoms with E-state index < -0.39 is 6.55 Å². The molecule has 1 aliphatic rings. The molecule has 0 aliphatic carbocycles. The van der Waals surface area contributed by atoms with Crippen molar-refractivity contribution in [3.05, 3.63) is 101 Å². The Bertz CT molecular complexity index is 866. The fourth-order valence-electron chi connectivity index (χ4n) is 2.99. The molecule has 1 aliphatic heterocycles. The average Bonchev–Trinajstić information content (AvgIpc) is 3.03. The summed E-state index contributed by atoms with van der Waals surface area (Å²) >= 11 is 1.40. The van der Waals surface area contributed by atoms with E-state index in [4.69, 9.17) is 0 Å². The molecule has 0 fully saturated rings. The molecule has 25 heavy (non-hydrogen) atoms. The highest BCUT2D eigenvalue weighted by Gasteiger charge is 2.33. The van der Waals surface area contributed by atoms with E-state index in [0.717, 1.165) is 26.5 Å². The van der Waals surface area contributed by atoms with Crippen LogP contribution >= 0.6 is 11.8 Å². The van der Waals surface area contributed by atoms with Gasteiger partial charge in [-0.15, -0.1) is 0 Å². The summed E-state index contributed by atoms with van der Waals surface area (Å²) in [4.78, 5) is 1.98. The number of anilines is 1. The SMILES string of the molecule is FC(F)N1C(=C(c2ccccc2)c2ccccc2)Sc2ccccc21. The van der Waals surface area contributed by atoms with Gasteiger partial charge in [0.05, 0.1) is 10.7 Å². The first-order valence-corrected chi connectivity index (χ1v) is 8.77. The molecule has 0 saturated carbocycles. The minimum atomic E-state index is -2.60. The maximum atomic E-state index is 13.9. The van der Waals surface area contributed by atoms with Crippen molar-refractivity contribution in [2.75, 3.05) is 4.90 Å². The first-order valence-electron chi connectivity index (χ1n) is 7.95. The van der Waals surface area contributed by atoms with Gasteiger partial charge in [0.1, 0.15) is 0 Å². The summed E-state index contributed by atoms with van der Waals surface area (Å²) in [6.07, 6.45) is 0. The van der Waals surface area contributed by atoms with Crippen LogP contribution in [0.15, 0.2) is 94.9 Å². The van der Waals surface area contributed by atoms with Crippen LogP contribution < -0.4 is 4.90 Å². The zero-order valence-corrected chi connectivity index (χ0v) is 14.1. The second-order valence-electron chi connectivity index (χ2n) is 5.63. The van der Waals surface area contributed by atoms with Gasteiger partial charge in [-0.1, -0.05) is 84.6 Å². The van der Waals surface area contributed by atoms with Gasteiger partial charge in [-0.05, 0) is 23.3 Å². The summed E-state index contributed by atoms with van der Waals surface area (Å²) in [6, 6.07) is 26.7. The van der Waals surface area contributed by atoms with Crippen molar-refractivity contribution < 1.29 is 8.78 Å². The maximum Gasteiger partial charge on any atom is 0.319 e. The highest BCUT2D eigenvalue weighted by molar-refractivity contribution is 8.04. The summed E-state index contributed by atoms with van der Waals surface area (Å²) < 4.78 is 27.9. The summed E-state index contributed by atoms with van der Waals surface area (Å²) in [5.74, 6) is 0. The van der Waals surface area contributed by atoms with Crippen molar-refractivity contribution in [2.45, 2.75) is 11.4 Å². The lowest BCUT2D eigenvalue weighted by atomic mass is 9.98. The fraction of sp³-hybridized carbons (Fsp3) is 0.0476. The van der Waals surface area contributed by atoms with Gasteiger partial charge in [0.2, 0.25) is 0 Å². The van der Waals surface area contributed by atoms with Gasteiger partial charge in [0.25, 0.3) is 0 Å². The van der Waals surface area contributed by atoms with Crippen molar-refractivity contribution in [1.29, 1.82) is 0 Å². The van der Waals surface area contributed by atoms with E-state index in [2.05, 4.69) is 0 Å². The topological polar surface area (TPSA) is 3.24 Å². The zero-order valence-electron chi connectivity index (χ0n) is 13.3. The number of hydrogen-bond acceptors (Lipinski definition) is 2. The number of hydrogen-bond donors (Lipinski definition) is 0. The zero-order chi connectivity index (χ0) is 17.2. The molecule has 0 N–H and O–H groups in total. The molecule has 1 heterocycles. The number of halogens is 2. The summed E-state index contributed by atoms with van der Waals surface area (Å²) in [5.41, 5.74) is 3.23. The second kappa shape index (κ2) is 6.73. The quantitative estimate of drug-likeness (QED) is 0.514. The molecule has 0 atom stereocenters. The predicted molar refractivity (Wildman–Crippen MR) is 99.7 cm³/mol. The monoisotopic (exact) mass is 351 g/mol. The number of thioether (sulfide) groups is 1. The minimum absolute atomic E-state index is 0.557. The van der Waals surface area contributed by atoms with Crippen LogP contribution in [0.4, 0.5) is 14.5 Å². The van der Waals surface area contributed by atoms with Crippen molar-refractivity contribution in [3.8, 4) is 0 Å². The first kappa shape index (κ1) is 15.9. The van der Waals surface area contributed by atoms with Crippen LogP contribution in [0.2, 0.25) is 0 Å². The van der Waals surface area contributed by atoms with Crippen LogP contribution in [-0.2, 0) is 0 Å². The minimum Gasteiger partial charge on any atom is -0.277 e. The molecule has 1 nitrogen and oxygen atoms in total. The van der Waals surface area contributed by atoms with Gasteiger partial charge < -0.3 is 0 Å². The van der Waals surface area contributed by atoms with Crippen LogP contribution in [0.1, 0.15) is 11.1 Å². The van der Waals surface area contributed by atoms with Crippen molar-refractivity contribution in [2.24, 2.45) is 0 Å². The normalized spacial score (nSPS) is 13.2. The van der Waals surface area contributed by atoms with Gasteiger partial charge in [0.15, 0.2) is 0 Å². The Morgan fingerprint density at radius 1 is 0.720 bits per heavy atom. The van der Waals surface area contributed by atoms with Gasteiger partial charge in [-0.25, -0.2) is 0 Å². The van der Waals surface area contributed by atoms with E-state index in [1.807, 2.05) is 72.8 Å². The average molecular weight is 351 g/mol. The van der Waals surface area contributed by atoms with Gasteiger partial charge in [-0.2, -0.15) is 8.78 Å². The van der Waals surface area contributed by atoms with Crippen LogP contribution in [0.25, 0.3) is 5.57 Å². The molecular weight excluding hydrogens is 336 g/mol. The molecule has 0 amide bonds. The van der Waals surface area contributed by atoms with Gasteiger partial charge >= 0.3 is 6.55 Å². The smallest absolute Gasteiger partial charge is 0.277 e. The van der Waals surface area contributed by atoms with Crippen molar-refractivity contribution in [3.63, 3.8) is 0 Å². The van der Waals surface area contributed by atoms with E-state index in [1.165, 1.54) is 11.8 Å². The van der Waals surface area contributed by atoms with E-state index in [1.54, 1.807) is 12.1 Å². The number of alkyl halides is 2. The number of nitrogens with zero attached hydrogens (tertiary/aromatic N) is 1. The predicted octanol–water partition coefficient (Wildman–Crippen LogP) is 6.24. The lowest BCUT2D eigenvalue weighted by molar-refractivity contribution is 0.153. The lowest BCUT2D eigenvalue weighted by Crippen LogP contribution is -2.25. The molecule has 0 aromatic heterocycles. The summed E-state index contributed by atoms with van der Waals surface area (Å²) in [7, 11) is 0. The molecule has 0 radical (unpaired) electrons. The molecule has 0 spiro atoms. The largest absolute Gasteiger partial charge is 0.319 e. The number of para-hydroxylation sites is 1. The number of benzene rings is 3. The van der Waals surface area contributed by atoms with E-state index in [-0.39, 0.29) is 0 Å². The standard InChI is InChI=1S/C21H15F2NS/c22-21(23)24-17-13-7-8-14-18(17)25-20(24)19(15-9-3-1-4-10-15)16-11-5-2-6-12-16/h1-14,21H. The van der Waals surface area contributed by atoms with Gasteiger partial charge in [-0.3, -0.25) is 4.90 Å². The molecule has 0 saturated heterocycles. The third kappa shape index (κ3) is 2.94. The van der Waals surface area contributed by atoms with Crippen molar-refractivity contribution >= 4 is 23.0 Å². The van der Waals surface area contributed by atoms with Gasteiger partial charge in [0, 0.05) is 10.5 Å². The molecule has 0 bridgehead atoms. The van der Waals surface area contributed by atoms with Crippen LogP contribution in [0.5, 0.6) is 0 Å². The lowest BCUT2D eigenvalue weighted by Gasteiger charge is -2.22. The molecular formula is C21H15F2NS. The molecule has 4 rings (SSSR count). The Balaban J connectivity index is 1.98. The molecule has 4 heteroatoms. The Kier molecular flexibility index (Phi) is 4.28. The van der Waals surface area contributed by atoms with Crippen molar-refractivity contribution in [1.82, 2.24) is 0 Å². The highest BCUT2D eigenvalue weighted by atomic mass is 32.2. The van der Waals surface area contributed by atoms with Crippen LogP contribution in [-0.4, -0.2) is 6.55 Å². The molecule has 124 valence electrons. The Morgan fingerprint density at radius 2 is 1.24 bits per heavy atom. The fourth-order valence-corrected chi connectivity index (χ4v) is 4.23. The van der Waals surface area contributed by atoms with E-state index in [9.17, 15) is 8.78 Å². The maximum absolute atomic E-state index is 13.9. The summed E-state index contributed by atoms with van der Waals surface area (Å²) in [6.45, 7) is -2.60.